The summed E-state index contributed by atoms with van der Waals surface area (Å²) in [6.45, 7) is 4.11. The molecule has 1 rings (SSSR count). The summed E-state index contributed by atoms with van der Waals surface area (Å²) in [7, 11) is 0. The molecule has 12 heavy (non-hydrogen) atoms. The van der Waals surface area contributed by atoms with Gasteiger partial charge >= 0.3 is 0 Å². The van der Waals surface area contributed by atoms with E-state index in [-0.39, 0.29) is 24.4 Å². The molecular formula is C9H14N2O. The molecule has 1 amide bonds. The van der Waals surface area contributed by atoms with Crippen LogP contribution < -0.4 is 0 Å². The van der Waals surface area contributed by atoms with E-state index in [4.69, 9.17) is 5.26 Å². The van der Waals surface area contributed by atoms with Gasteiger partial charge in [-0.3, -0.25) is 4.79 Å². The molecule has 0 unspecified atom stereocenters. The van der Waals surface area contributed by atoms with Crippen LogP contribution in [0.3, 0.4) is 0 Å². The molecule has 66 valence electrons. The molecule has 0 heterocycles. The molecule has 0 aromatic heterocycles. The maximum Gasteiger partial charge on any atom is 0.226 e. The Morgan fingerprint density at radius 1 is 1.67 bits per heavy atom. The Labute approximate surface area is 73.0 Å². The largest absolute Gasteiger partial charge is 0.327 e. The van der Waals surface area contributed by atoms with Crippen LogP contribution in [0.25, 0.3) is 0 Å². The Morgan fingerprint density at radius 3 is 2.58 bits per heavy atom. The van der Waals surface area contributed by atoms with Gasteiger partial charge in [-0.25, -0.2) is 0 Å². The van der Waals surface area contributed by atoms with Crippen molar-refractivity contribution in [1.82, 2.24) is 4.90 Å². The number of carbonyl (C=O) groups excluding carboxylic acids is 1. The van der Waals surface area contributed by atoms with Gasteiger partial charge < -0.3 is 4.90 Å². The second-order valence-corrected chi connectivity index (χ2v) is 3.49. The number of rotatable bonds is 3. The Balaban J connectivity index is 2.52. The SMILES string of the molecule is CC(C)N(CC#N)C(=O)C1CC1. The molecule has 3 heteroatoms. The number of hydrogen-bond donors (Lipinski definition) is 0. The monoisotopic (exact) mass is 166 g/mol. The van der Waals surface area contributed by atoms with E-state index in [2.05, 4.69) is 0 Å². The summed E-state index contributed by atoms with van der Waals surface area (Å²) in [6, 6.07) is 2.17. The van der Waals surface area contributed by atoms with Crippen molar-refractivity contribution in [3.63, 3.8) is 0 Å². The van der Waals surface area contributed by atoms with E-state index in [0.29, 0.717) is 0 Å². The molecule has 1 saturated carbocycles. The summed E-state index contributed by atoms with van der Waals surface area (Å²) >= 11 is 0. The van der Waals surface area contributed by atoms with E-state index >= 15 is 0 Å². The first-order valence-corrected chi connectivity index (χ1v) is 4.34. The lowest BCUT2D eigenvalue weighted by Gasteiger charge is -2.23. The lowest BCUT2D eigenvalue weighted by Crippen LogP contribution is -2.38. The smallest absolute Gasteiger partial charge is 0.226 e. The summed E-state index contributed by atoms with van der Waals surface area (Å²) in [5.74, 6) is 0.382. The van der Waals surface area contributed by atoms with Crippen LogP contribution in [0.4, 0.5) is 0 Å². The Morgan fingerprint density at radius 2 is 2.25 bits per heavy atom. The fraction of sp³-hybridized carbons (Fsp3) is 0.778. The van der Waals surface area contributed by atoms with E-state index in [1.807, 2.05) is 19.9 Å². The zero-order valence-corrected chi connectivity index (χ0v) is 7.58. The molecule has 0 aromatic rings. The van der Waals surface area contributed by atoms with Crippen molar-refractivity contribution < 1.29 is 4.79 Å². The maximum atomic E-state index is 11.5. The average molecular weight is 166 g/mol. The standard InChI is InChI=1S/C9H14N2O/c1-7(2)11(6-5-10)9(12)8-3-4-8/h7-8H,3-4,6H2,1-2H3. The van der Waals surface area contributed by atoms with Crippen LogP contribution in [0.2, 0.25) is 0 Å². The molecule has 0 spiro atoms. The fourth-order valence-corrected chi connectivity index (χ4v) is 1.16. The van der Waals surface area contributed by atoms with Crippen molar-refractivity contribution in [3.05, 3.63) is 0 Å². The molecular weight excluding hydrogens is 152 g/mol. The lowest BCUT2D eigenvalue weighted by atomic mass is 10.2. The van der Waals surface area contributed by atoms with Gasteiger partial charge in [-0.1, -0.05) is 0 Å². The van der Waals surface area contributed by atoms with Gasteiger partial charge in [-0.05, 0) is 26.7 Å². The van der Waals surface area contributed by atoms with E-state index in [1.54, 1.807) is 4.90 Å². The van der Waals surface area contributed by atoms with Gasteiger partial charge in [0.25, 0.3) is 0 Å². The highest BCUT2D eigenvalue weighted by Gasteiger charge is 2.34. The third kappa shape index (κ3) is 1.97. The summed E-state index contributed by atoms with van der Waals surface area (Å²) in [4.78, 5) is 13.2. The molecule has 0 saturated heterocycles. The highest BCUT2D eigenvalue weighted by Crippen LogP contribution is 2.31. The molecule has 0 aliphatic heterocycles. The molecule has 3 nitrogen and oxygen atoms in total. The summed E-state index contributed by atoms with van der Waals surface area (Å²) in [5, 5.41) is 8.49. The maximum absolute atomic E-state index is 11.5. The van der Waals surface area contributed by atoms with Gasteiger partial charge in [-0.2, -0.15) is 5.26 Å². The van der Waals surface area contributed by atoms with E-state index in [9.17, 15) is 4.79 Å². The Bertz CT molecular complexity index is 213. The summed E-state index contributed by atoms with van der Waals surface area (Å²) in [5.41, 5.74) is 0. The third-order valence-corrected chi connectivity index (χ3v) is 2.07. The second kappa shape index (κ2) is 3.57. The van der Waals surface area contributed by atoms with Crippen molar-refractivity contribution >= 4 is 5.91 Å². The van der Waals surface area contributed by atoms with Crippen LogP contribution in [0.5, 0.6) is 0 Å². The predicted octanol–water partition coefficient (Wildman–Crippen LogP) is 1.16. The average Bonchev–Trinajstić information content (AvgIpc) is 2.80. The summed E-state index contributed by atoms with van der Waals surface area (Å²) in [6.07, 6.45) is 2.01. The molecule has 0 N–H and O–H groups in total. The van der Waals surface area contributed by atoms with Crippen LogP contribution in [0.15, 0.2) is 0 Å². The van der Waals surface area contributed by atoms with Crippen LogP contribution in [0, 0.1) is 17.2 Å². The number of nitrogens with zero attached hydrogens (tertiary/aromatic N) is 2. The first-order chi connectivity index (χ1) is 5.66. The van der Waals surface area contributed by atoms with Crippen LogP contribution in [-0.2, 0) is 4.79 Å². The topological polar surface area (TPSA) is 44.1 Å². The number of carbonyl (C=O) groups is 1. The van der Waals surface area contributed by atoms with Gasteiger partial charge in [0.1, 0.15) is 6.54 Å². The van der Waals surface area contributed by atoms with Crippen molar-refractivity contribution in [2.75, 3.05) is 6.54 Å². The van der Waals surface area contributed by atoms with Gasteiger partial charge in [-0.15, -0.1) is 0 Å². The van der Waals surface area contributed by atoms with Gasteiger partial charge in [0, 0.05) is 12.0 Å². The van der Waals surface area contributed by atoms with Crippen LogP contribution in [0.1, 0.15) is 26.7 Å². The molecule has 0 radical (unpaired) electrons. The Kier molecular flexibility index (Phi) is 2.69. The van der Waals surface area contributed by atoms with Gasteiger partial charge in [0.15, 0.2) is 0 Å². The van der Waals surface area contributed by atoms with E-state index < -0.39 is 0 Å². The molecule has 1 aliphatic rings. The molecule has 0 bridgehead atoms. The lowest BCUT2D eigenvalue weighted by molar-refractivity contribution is -0.133. The van der Waals surface area contributed by atoms with Gasteiger partial charge in [0.2, 0.25) is 5.91 Å². The quantitative estimate of drug-likeness (QED) is 0.590. The Hall–Kier alpha value is -1.04. The van der Waals surface area contributed by atoms with Crippen LogP contribution in [-0.4, -0.2) is 23.4 Å². The molecule has 1 fully saturated rings. The molecule has 0 atom stereocenters. The third-order valence-electron chi connectivity index (χ3n) is 2.07. The minimum atomic E-state index is 0.151. The van der Waals surface area contributed by atoms with Crippen LogP contribution >= 0.6 is 0 Å². The normalized spacial score (nSPS) is 15.8. The van der Waals surface area contributed by atoms with Crippen molar-refractivity contribution in [2.45, 2.75) is 32.7 Å². The van der Waals surface area contributed by atoms with E-state index in [1.165, 1.54) is 0 Å². The van der Waals surface area contributed by atoms with Gasteiger partial charge in [0.05, 0.1) is 6.07 Å². The zero-order chi connectivity index (χ0) is 9.14. The van der Waals surface area contributed by atoms with E-state index in [0.717, 1.165) is 12.8 Å². The second-order valence-electron chi connectivity index (χ2n) is 3.49. The highest BCUT2D eigenvalue weighted by atomic mass is 16.2. The minimum Gasteiger partial charge on any atom is -0.327 e. The zero-order valence-electron chi connectivity index (χ0n) is 7.58. The highest BCUT2D eigenvalue weighted by molar-refractivity contribution is 5.81. The fourth-order valence-electron chi connectivity index (χ4n) is 1.16. The first-order valence-electron chi connectivity index (χ1n) is 4.34. The minimum absolute atomic E-state index is 0.151. The number of amides is 1. The van der Waals surface area contributed by atoms with Crippen molar-refractivity contribution in [2.24, 2.45) is 5.92 Å². The number of nitriles is 1. The molecule has 1 aliphatic carbocycles. The van der Waals surface area contributed by atoms with Crippen molar-refractivity contribution in [3.8, 4) is 6.07 Å². The first kappa shape index (κ1) is 9.05. The van der Waals surface area contributed by atoms with Crippen molar-refractivity contribution in [1.29, 1.82) is 5.26 Å². The predicted molar refractivity (Wildman–Crippen MR) is 45.2 cm³/mol. The molecule has 0 aromatic carbocycles. The number of hydrogen-bond acceptors (Lipinski definition) is 2. The summed E-state index contributed by atoms with van der Waals surface area (Å²) < 4.78 is 0.